The number of nitrogens with zero attached hydrogens (tertiary/aromatic N) is 2. The van der Waals surface area contributed by atoms with Crippen molar-refractivity contribution in [2.75, 3.05) is 0 Å². The van der Waals surface area contributed by atoms with Gasteiger partial charge in [-0.1, -0.05) is 37.2 Å². The molecular formula is C24H30ClN5O. The quantitative estimate of drug-likeness (QED) is 0.602. The maximum absolute atomic E-state index is 11.7. The van der Waals surface area contributed by atoms with Gasteiger partial charge in [-0.25, -0.2) is 10.4 Å². The fourth-order valence-electron chi connectivity index (χ4n) is 4.65. The van der Waals surface area contributed by atoms with Crippen LogP contribution in [0.4, 0.5) is 0 Å². The van der Waals surface area contributed by atoms with E-state index in [1.807, 2.05) is 30.5 Å². The molecule has 6 nitrogen and oxygen atoms in total. The van der Waals surface area contributed by atoms with Crippen molar-refractivity contribution >= 4 is 23.3 Å². The number of carbonyl (C=O) groups is 1. The number of nitrogens with one attached hydrogen (secondary N) is 2. The van der Waals surface area contributed by atoms with Gasteiger partial charge in [0.15, 0.2) is 0 Å². The van der Waals surface area contributed by atoms with E-state index in [4.69, 9.17) is 22.3 Å². The van der Waals surface area contributed by atoms with E-state index >= 15 is 0 Å². The molecule has 0 radical (unpaired) electrons. The summed E-state index contributed by atoms with van der Waals surface area (Å²) in [7, 11) is 0. The van der Waals surface area contributed by atoms with Gasteiger partial charge >= 0.3 is 0 Å². The first-order valence-corrected chi connectivity index (χ1v) is 11.4. The van der Waals surface area contributed by atoms with Crippen LogP contribution in [-0.4, -0.2) is 28.8 Å². The second kappa shape index (κ2) is 9.28. The molecule has 1 unspecified atom stereocenters. The van der Waals surface area contributed by atoms with Crippen LogP contribution in [0.2, 0.25) is 5.02 Å². The van der Waals surface area contributed by atoms with Gasteiger partial charge in [-0.2, -0.15) is 0 Å². The third kappa shape index (κ3) is 4.55. The number of hydrogen-bond acceptors (Lipinski definition) is 5. The number of rotatable bonds is 5. The SMILES string of the molecule is C=CC(=O)NC1CCC(N2NC(c3ccc(Cl)cc3)C3=C(N)CC(CC)=CN=C32)CC1. The Morgan fingerprint density at radius 2 is 2.03 bits per heavy atom. The summed E-state index contributed by atoms with van der Waals surface area (Å²) in [6, 6.07) is 8.33. The smallest absolute Gasteiger partial charge is 0.243 e. The van der Waals surface area contributed by atoms with E-state index in [9.17, 15) is 4.79 Å². The lowest BCUT2D eigenvalue weighted by Gasteiger charge is -2.35. The number of benzene rings is 1. The molecule has 1 saturated heterocycles. The van der Waals surface area contributed by atoms with E-state index in [-0.39, 0.29) is 24.0 Å². The number of fused-ring (bicyclic) bond motifs is 1. The molecule has 4 rings (SSSR count). The average Bonchev–Trinajstić information content (AvgIpc) is 3.08. The van der Waals surface area contributed by atoms with Crippen LogP contribution in [0.3, 0.4) is 0 Å². The first-order valence-electron chi connectivity index (χ1n) is 11.0. The van der Waals surface area contributed by atoms with E-state index in [1.165, 1.54) is 11.6 Å². The zero-order chi connectivity index (χ0) is 22.0. The number of allylic oxidation sites excluding steroid dienone is 1. The molecule has 0 bridgehead atoms. The van der Waals surface area contributed by atoms with Crippen molar-refractivity contribution < 1.29 is 4.79 Å². The average molecular weight is 440 g/mol. The summed E-state index contributed by atoms with van der Waals surface area (Å²) in [6.07, 6.45) is 8.74. The van der Waals surface area contributed by atoms with Crippen molar-refractivity contribution in [1.82, 2.24) is 15.8 Å². The van der Waals surface area contributed by atoms with Crippen LogP contribution in [0.5, 0.6) is 0 Å². The van der Waals surface area contributed by atoms with Crippen molar-refractivity contribution in [3.63, 3.8) is 0 Å². The topological polar surface area (TPSA) is 82.8 Å². The molecule has 4 N–H and O–H groups in total. The zero-order valence-corrected chi connectivity index (χ0v) is 18.7. The monoisotopic (exact) mass is 439 g/mol. The molecule has 0 spiro atoms. The summed E-state index contributed by atoms with van der Waals surface area (Å²) in [5, 5.41) is 5.95. The molecule has 1 atom stereocenters. The number of hydrogen-bond donors (Lipinski definition) is 3. The fourth-order valence-corrected chi connectivity index (χ4v) is 4.78. The van der Waals surface area contributed by atoms with E-state index in [0.29, 0.717) is 5.02 Å². The molecule has 2 fully saturated rings. The second-order valence-corrected chi connectivity index (χ2v) is 8.85. The molecule has 1 aromatic rings. The van der Waals surface area contributed by atoms with Crippen molar-refractivity contribution in [2.24, 2.45) is 10.7 Å². The first-order chi connectivity index (χ1) is 15.0. The molecule has 1 aliphatic carbocycles. The minimum absolute atomic E-state index is 0.0567. The lowest BCUT2D eigenvalue weighted by atomic mass is 9.90. The minimum atomic E-state index is -0.103. The Bertz CT molecular complexity index is 941. The van der Waals surface area contributed by atoms with Gasteiger partial charge in [-0.15, -0.1) is 0 Å². The lowest BCUT2D eigenvalue weighted by Crippen LogP contribution is -2.48. The van der Waals surface area contributed by atoms with Gasteiger partial charge in [0.1, 0.15) is 5.84 Å². The highest BCUT2D eigenvalue weighted by atomic mass is 35.5. The summed E-state index contributed by atoms with van der Waals surface area (Å²) in [5.74, 6) is 0.813. The third-order valence-electron chi connectivity index (χ3n) is 6.41. The number of halogens is 1. The molecule has 1 amide bonds. The number of aliphatic imine (C=N–C) groups is 1. The molecule has 2 aliphatic heterocycles. The predicted octanol–water partition coefficient (Wildman–Crippen LogP) is 4.12. The van der Waals surface area contributed by atoms with Crippen LogP contribution < -0.4 is 16.5 Å². The Morgan fingerprint density at radius 3 is 2.68 bits per heavy atom. The van der Waals surface area contributed by atoms with E-state index < -0.39 is 0 Å². The summed E-state index contributed by atoms with van der Waals surface area (Å²) in [5.41, 5.74) is 14.6. The Hall–Kier alpha value is -2.57. The van der Waals surface area contributed by atoms with Crippen LogP contribution in [0.1, 0.15) is 57.1 Å². The van der Waals surface area contributed by atoms with Crippen LogP contribution in [-0.2, 0) is 4.79 Å². The second-order valence-electron chi connectivity index (χ2n) is 8.41. The molecule has 3 aliphatic rings. The highest BCUT2D eigenvalue weighted by Crippen LogP contribution is 2.38. The first kappa shape index (κ1) is 21.7. The summed E-state index contributed by atoms with van der Waals surface area (Å²) >= 11 is 6.12. The standard InChI is InChI=1S/C24H30ClN5O/c1-3-15-13-20(26)22-23(16-5-7-17(25)8-6-16)29-30(24(22)27-14-15)19-11-9-18(10-12-19)28-21(31)4-2/h4-8,14,18-19,23,29H,2-3,9-13,26H2,1H3,(H,28,31). The van der Waals surface area contributed by atoms with E-state index in [2.05, 4.69) is 29.3 Å². The fraction of sp³-hybridized carbons (Fsp3) is 0.417. The predicted molar refractivity (Wildman–Crippen MR) is 125 cm³/mol. The van der Waals surface area contributed by atoms with Gasteiger partial charge in [0.2, 0.25) is 5.91 Å². The number of hydrazine groups is 1. The normalized spacial score (nSPS) is 26.0. The Labute approximate surface area is 188 Å². The highest BCUT2D eigenvalue weighted by molar-refractivity contribution is 6.30. The molecule has 31 heavy (non-hydrogen) atoms. The lowest BCUT2D eigenvalue weighted by molar-refractivity contribution is -0.117. The van der Waals surface area contributed by atoms with E-state index in [1.54, 1.807) is 0 Å². The van der Waals surface area contributed by atoms with Gasteiger partial charge in [-0.05, 0) is 61.4 Å². The molecular weight excluding hydrogens is 410 g/mol. The number of amidine groups is 1. The zero-order valence-electron chi connectivity index (χ0n) is 17.9. The molecule has 1 aromatic carbocycles. The number of amides is 1. The Kier molecular flexibility index (Phi) is 6.49. The largest absolute Gasteiger partial charge is 0.401 e. The van der Waals surface area contributed by atoms with Crippen LogP contribution in [0.15, 0.2) is 65.0 Å². The number of nitrogens with two attached hydrogens (primary N) is 1. The highest BCUT2D eigenvalue weighted by Gasteiger charge is 2.40. The minimum Gasteiger partial charge on any atom is -0.401 e. The van der Waals surface area contributed by atoms with Crippen molar-refractivity contribution in [1.29, 1.82) is 0 Å². The van der Waals surface area contributed by atoms with Gasteiger partial charge in [-0.3, -0.25) is 9.80 Å². The Morgan fingerprint density at radius 1 is 1.32 bits per heavy atom. The molecule has 1 saturated carbocycles. The number of carbonyl (C=O) groups excluding carboxylic acids is 1. The van der Waals surface area contributed by atoms with Crippen LogP contribution >= 0.6 is 11.6 Å². The summed E-state index contributed by atoms with van der Waals surface area (Å²) < 4.78 is 0. The maximum Gasteiger partial charge on any atom is 0.243 e. The molecule has 164 valence electrons. The van der Waals surface area contributed by atoms with Crippen molar-refractivity contribution in [3.8, 4) is 0 Å². The maximum atomic E-state index is 11.7. The molecule has 2 heterocycles. The van der Waals surface area contributed by atoms with Gasteiger partial charge in [0, 0.05) is 41.0 Å². The van der Waals surface area contributed by atoms with Gasteiger partial charge in [0.05, 0.1) is 6.04 Å². The molecule has 0 aromatic heterocycles. The summed E-state index contributed by atoms with van der Waals surface area (Å²) in [4.78, 5) is 16.5. The van der Waals surface area contributed by atoms with Gasteiger partial charge in [0.25, 0.3) is 0 Å². The van der Waals surface area contributed by atoms with Crippen LogP contribution in [0, 0.1) is 0 Å². The molecule has 7 heteroatoms. The third-order valence-corrected chi connectivity index (χ3v) is 6.66. The van der Waals surface area contributed by atoms with Gasteiger partial charge < -0.3 is 11.1 Å². The van der Waals surface area contributed by atoms with Crippen molar-refractivity contribution in [2.45, 2.75) is 63.6 Å². The van der Waals surface area contributed by atoms with Crippen molar-refractivity contribution in [3.05, 3.63) is 70.5 Å². The van der Waals surface area contributed by atoms with E-state index in [0.717, 1.165) is 61.2 Å². The summed E-state index contributed by atoms with van der Waals surface area (Å²) in [6.45, 7) is 5.68. The Balaban J connectivity index is 1.61. The van der Waals surface area contributed by atoms with Crippen LogP contribution in [0.25, 0.3) is 0 Å².